The minimum Gasteiger partial charge on any atom is -0.318 e. The molecule has 1 fully saturated rings. The van der Waals surface area contributed by atoms with Crippen LogP contribution in [-0.2, 0) is 0 Å². The number of likely N-dealkylation sites (tertiary alicyclic amines) is 1. The van der Waals surface area contributed by atoms with Gasteiger partial charge in [0.15, 0.2) is 0 Å². The van der Waals surface area contributed by atoms with Crippen molar-refractivity contribution < 1.29 is 0 Å². The lowest BCUT2D eigenvalue weighted by molar-refractivity contribution is 0.101. The number of hydrogen-bond donors (Lipinski definition) is 1. The normalized spacial score (nSPS) is 21.6. The maximum Gasteiger partial charge on any atom is 0.0243 e. The fraction of sp³-hybridized carbons (Fsp3) is 1.00. The van der Waals surface area contributed by atoms with Crippen LogP contribution in [0.5, 0.6) is 0 Å². The van der Waals surface area contributed by atoms with E-state index in [0.717, 1.165) is 24.4 Å². The molecule has 0 spiro atoms. The molecule has 1 rings (SSSR count). The van der Waals surface area contributed by atoms with Crippen molar-refractivity contribution in [3.63, 3.8) is 0 Å². The first kappa shape index (κ1) is 14.0. The van der Waals surface area contributed by atoms with Gasteiger partial charge in [-0.1, -0.05) is 33.6 Å². The summed E-state index contributed by atoms with van der Waals surface area (Å²) in [6.45, 7) is 10.8. The molecule has 1 unspecified atom stereocenters. The fourth-order valence-electron chi connectivity index (χ4n) is 2.98. The Balaban J connectivity index is 2.38. The predicted octanol–water partition coefficient (Wildman–Crippen LogP) is 2.74. The largest absolute Gasteiger partial charge is 0.318 e. The quantitative estimate of drug-likeness (QED) is 0.749. The molecule has 0 bridgehead atoms. The number of hydrogen-bond acceptors (Lipinski definition) is 2. The second-order valence-corrected chi connectivity index (χ2v) is 5.64. The van der Waals surface area contributed by atoms with Crippen molar-refractivity contribution >= 4 is 0 Å². The van der Waals surface area contributed by atoms with E-state index in [2.05, 4.69) is 38.0 Å². The molecule has 0 amide bonds. The average Bonchev–Trinajstić information content (AvgIpc) is 2.27. The van der Waals surface area contributed by atoms with Crippen LogP contribution in [0.15, 0.2) is 0 Å². The van der Waals surface area contributed by atoms with Crippen LogP contribution in [0.2, 0.25) is 0 Å². The molecule has 0 aliphatic carbocycles. The van der Waals surface area contributed by atoms with Gasteiger partial charge < -0.3 is 5.32 Å². The highest BCUT2D eigenvalue weighted by Gasteiger charge is 2.25. The number of piperidine rings is 1. The van der Waals surface area contributed by atoms with E-state index in [1.807, 2.05) is 0 Å². The summed E-state index contributed by atoms with van der Waals surface area (Å²) >= 11 is 0. The molecule has 2 nitrogen and oxygen atoms in total. The number of nitrogens with one attached hydrogen (secondary N) is 1. The van der Waals surface area contributed by atoms with E-state index in [-0.39, 0.29) is 0 Å². The minimum atomic E-state index is 0.729. The summed E-state index contributed by atoms with van der Waals surface area (Å²) in [5.74, 6) is 1.76. The third-order valence-electron chi connectivity index (χ3n) is 4.00. The van der Waals surface area contributed by atoms with Crippen molar-refractivity contribution in [2.24, 2.45) is 11.8 Å². The van der Waals surface area contributed by atoms with E-state index in [0.29, 0.717) is 0 Å². The Morgan fingerprint density at radius 2 is 1.88 bits per heavy atom. The van der Waals surface area contributed by atoms with Gasteiger partial charge in [0.1, 0.15) is 0 Å². The maximum atomic E-state index is 3.34. The van der Waals surface area contributed by atoms with Crippen LogP contribution in [0.3, 0.4) is 0 Å². The standard InChI is InChI=1S/C14H30N2/c1-5-6-13-7-9-16(10-8-13)14(11-15-4)12(2)3/h12-15H,5-11H2,1-4H3. The molecule has 1 saturated heterocycles. The van der Waals surface area contributed by atoms with Crippen LogP contribution in [0.1, 0.15) is 46.5 Å². The van der Waals surface area contributed by atoms with Crippen LogP contribution < -0.4 is 5.32 Å². The minimum absolute atomic E-state index is 0.729. The number of likely N-dealkylation sites (N-methyl/N-ethyl adjacent to an activating group) is 1. The number of rotatable bonds is 6. The molecule has 0 aromatic rings. The summed E-state index contributed by atoms with van der Waals surface area (Å²) in [4.78, 5) is 2.70. The van der Waals surface area contributed by atoms with Gasteiger partial charge in [-0.15, -0.1) is 0 Å². The Bertz CT molecular complexity index is 172. The zero-order chi connectivity index (χ0) is 12.0. The van der Waals surface area contributed by atoms with Crippen molar-refractivity contribution in [2.75, 3.05) is 26.7 Å². The molecule has 0 saturated carbocycles. The van der Waals surface area contributed by atoms with Crippen molar-refractivity contribution in [1.29, 1.82) is 0 Å². The Morgan fingerprint density at radius 1 is 1.25 bits per heavy atom. The highest BCUT2D eigenvalue weighted by molar-refractivity contribution is 4.81. The molecule has 0 aromatic heterocycles. The van der Waals surface area contributed by atoms with Crippen LogP contribution in [0, 0.1) is 11.8 Å². The Morgan fingerprint density at radius 3 is 2.31 bits per heavy atom. The smallest absolute Gasteiger partial charge is 0.0243 e. The van der Waals surface area contributed by atoms with E-state index in [9.17, 15) is 0 Å². The molecule has 1 N–H and O–H groups in total. The molecule has 2 heteroatoms. The van der Waals surface area contributed by atoms with E-state index in [1.165, 1.54) is 38.8 Å². The van der Waals surface area contributed by atoms with Gasteiger partial charge in [0.2, 0.25) is 0 Å². The molecule has 1 aliphatic rings. The highest BCUT2D eigenvalue weighted by Crippen LogP contribution is 2.24. The van der Waals surface area contributed by atoms with Crippen LogP contribution in [-0.4, -0.2) is 37.6 Å². The Hall–Kier alpha value is -0.0800. The van der Waals surface area contributed by atoms with Gasteiger partial charge in [-0.3, -0.25) is 4.90 Å². The maximum absolute atomic E-state index is 3.34. The molecule has 1 atom stereocenters. The Labute approximate surface area is 102 Å². The van der Waals surface area contributed by atoms with Crippen LogP contribution in [0.25, 0.3) is 0 Å². The third kappa shape index (κ3) is 4.06. The molecular formula is C14H30N2. The molecular weight excluding hydrogens is 196 g/mol. The SMILES string of the molecule is CCCC1CCN(C(CNC)C(C)C)CC1. The van der Waals surface area contributed by atoms with E-state index < -0.39 is 0 Å². The van der Waals surface area contributed by atoms with Crippen molar-refractivity contribution in [2.45, 2.75) is 52.5 Å². The van der Waals surface area contributed by atoms with Crippen LogP contribution in [0.4, 0.5) is 0 Å². The second-order valence-electron chi connectivity index (χ2n) is 5.64. The van der Waals surface area contributed by atoms with Crippen molar-refractivity contribution in [1.82, 2.24) is 10.2 Å². The van der Waals surface area contributed by atoms with Gasteiger partial charge in [-0.05, 0) is 44.8 Å². The van der Waals surface area contributed by atoms with Crippen molar-refractivity contribution in [3.8, 4) is 0 Å². The molecule has 1 aliphatic heterocycles. The van der Waals surface area contributed by atoms with Gasteiger partial charge in [0, 0.05) is 12.6 Å². The zero-order valence-corrected chi connectivity index (χ0v) is 11.6. The molecule has 0 radical (unpaired) electrons. The van der Waals surface area contributed by atoms with Gasteiger partial charge in [-0.25, -0.2) is 0 Å². The van der Waals surface area contributed by atoms with E-state index in [1.54, 1.807) is 0 Å². The second kappa shape index (κ2) is 7.29. The molecule has 1 heterocycles. The van der Waals surface area contributed by atoms with Crippen molar-refractivity contribution in [3.05, 3.63) is 0 Å². The van der Waals surface area contributed by atoms with E-state index in [4.69, 9.17) is 0 Å². The first-order valence-corrected chi connectivity index (χ1v) is 7.07. The monoisotopic (exact) mass is 226 g/mol. The van der Waals surface area contributed by atoms with Gasteiger partial charge in [-0.2, -0.15) is 0 Å². The average molecular weight is 226 g/mol. The summed E-state index contributed by atoms with van der Waals surface area (Å²) in [5, 5.41) is 3.34. The zero-order valence-electron chi connectivity index (χ0n) is 11.6. The topological polar surface area (TPSA) is 15.3 Å². The van der Waals surface area contributed by atoms with Gasteiger partial charge in [0.05, 0.1) is 0 Å². The van der Waals surface area contributed by atoms with Crippen LogP contribution >= 0.6 is 0 Å². The van der Waals surface area contributed by atoms with Gasteiger partial charge >= 0.3 is 0 Å². The fourth-order valence-corrected chi connectivity index (χ4v) is 2.98. The summed E-state index contributed by atoms with van der Waals surface area (Å²) in [6, 6.07) is 0.729. The summed E-state index contributed by atoms with van der Waals surface area (Å²) in [6.07, 6.45) is 5.63. The number of nitrogens with zero attached hydrogens (tertiary/aromatic N) is 1. The Kier molecular flexibility index (Phi) is 6.37. The molecule has 16 heavy (non-hydrogen) atoms. The first-order valence-electron chi connectivity index (χ1n) is 7.07. The summed E-state index contributed by atoms with van der Waals surface area (Å²) < 4.78 is 0. The lowest BCUT2D eigenvalue weighted by Gasteiger charge is -2.39. The molecule has 0 aromatic carbocycles. The highest BCUT2D eigenvalue weighted by atomic mass is 15.2. The summed E-state index contributed by atoms with van der Waals surface area (Å²) in [5.41, 5.74) is 0. The van der Waals surface area contributed by atoms with E-state index >= 15 is 0 Å². The lowest BCUT2D eigenvalue weighted by Crippen LogP contribution is -2.48. The molecule has 96 valence electrons. The first-order chi connectivity index (χ1) is 7.69. The van der Waals surface area contributed by atoms with Gasteiger partial charge in [0.25, 0.3) is 0 Å². The summed E-state index contributed by atoms with van der Waals surface area (Å²) in [7, 11) is 2.07. The lowest BCUT2D eigenvalue weighted by atomic mass is 9.90. The predicted molar refractivity (Wildman–Crippen MR) is 71.8 cm³/mol. The third-order valence-corrected chi connectivity index (χ3v) is 4.00.